The van der Waals surface area contributed by atoms with Gasteiger partial charge in [0.05, 0.1) is 12.2 Å². The molecule has 4 rings (SSSR count). The van der Waals surface area contributed by atoms with Gasteiger partial charge >= 0.3 is 0 Å². The minimum absolute atomic E-state index is 0.00189. The van der Waals surface area contributed by atoms with E-state index in [1.54, 1.807) is 12.1 Å². The average Bonchev–Trinajstić information content (AvgIpc) is 2.83. The molecule has 8 heteroatoms. The molecule has 3 aromatic rings. The van der Waals surface area contributed by atoms with Crippen LogP contribution in [0.1, 0.15) is 12.0 Å². The van der Waals surface area contributed by atoms with Crippen LogP contribution < -0.4 is 10.2 Å². The molecule has 3 aromatic carbocycles. The number of anilines is 1. The third kappa shape index (κ3) is 5.89. The van der Waals surface area contributed by atoms with Crippen LogP contribution in [-0.2, 0) is 21.2 Å². The number of piperazine rings is 1. The van der Waals surface area contributed by atoms with E-state index < -0.39 is 10.0 Å². The molecular weight excluding hydrogens is 441 g/mol. The largest absolute Gasteiger partial charge is 0.369 e. The molecule has 1 aliphatic heterocycles. The fourth-order valence-corrected chi connectivity index (χ4v) is 5.66. The van der Waals surface area contributed by atoms with E-state index in [2.05, 4.69) is 10.2 Å². The van der Waals surface area contributed by atoms with Crippen molar-refractivity contribution in [3.63, 3.8) is 0 Å². The lowest BCUT2D eigenvalue weighted by atomic mass is 10.0. The average molecular weight is 470 g/mol. The lowest BCUT2D eigenvalue weighted by molar-refractivity contribution is -0.120. The first kappa shape index (κ1) is 23.2. The second kappa shape index (κ2) is 10.3. The van der Waals surface area contributed by atoms with Gasteiger partial charge in [0.25, 0.3) is 0 Å². The highest BCUT2D eigenvalue weighted by molar-refractivity contribution is 7.89. The van der Waals surface area contributed by atoms with Gasteiger partial charge in [0.1, 0.15) is 5.82 Å². The van der Waals surface area contributed by atoms with E-state index in [-0.39, 0.29) is 23.9 Å². The number of hydrogen-bond donors (Lipinski definition) is 1. The fraction of sp³-hybridized carbons (Fsp3) is 0.320. The Balaban J connectivity index is 1.21. The summed E-state index contributed by atoms with van der Waals surface area (Å²) in [4.78, 5) is 14.4. The van der Waals surface area contributed by atoms with Crippen LogP contribution in [0.25, 0.3) is 10.8 Å². The number of carbonyl (C=O) groups excluding carboxylic acids is 1. The molecule has 1 amide bonds. The van der Waals surface area contributed by atoms with Gasteiger partial charge in [-0.3, -0.25) is 4.79 Å². The van der Waals surface area contributed by atoms with Gasteiger partial charge in [0, 0.05) is 38.4 Å². The molecule has 174 valence electrons. The SMILES string of the molecule is O=C(Cc1cccc2ccccc12)NCCCS(=O)(=O)N1CCN(c2ccc(F)cc2)CC1. The summed E-state index contributed by atoms with van der Waals surface area (Å²) < 4.78 is 40.0. The predicted molar refractivity (Wildman–Crippen MR) is 129 cm³/mol. The van der Waals surface area contributed by atoms with Crippen molar-refractivity contribution in [1.29, 1.82) is 0 Å². The van der Waals surface area contributed by atoms with Crippen LogP contribution in [0.3, 0.4) is 0 Å². The number of hydrogen-bond acceptors (Lipinski definition) is 4. The van der Waals surface area contributed by atoms with Gasteiger partial charge in [-0.1, -0.05) is 42.5 Å². The van der Waals surface area contributed by atoms with Gasteiger partial charge in [0.2, 0.25) is 15.9 Å². The molecule has 0 radical (unpaired) electrons. The molecule has 1 heterocycles. The van der Waals surface area contributed by atoms with Gasteiger partial charge in [-0.05, 0) is 47.0 Å². The third-order valence-electron chi connectivity index (χ3n) is 5.96. The van der Waals surface area contributed by atoms with Crippen LogP contribution in [-0.4, -0.2) is 57.1 Å². The van der Waals surface area contributed by atoms with E-state index in [1.165, 1.54) is 16.4 Å². The van der Waals surface area contributed by atoms with Crippen molar-refractivity contribution in [3.8, 4) is 0 Å². The number of benzene rings is 3. The molecule has 1 saturated heterocycles. The number of fused-ring (bicyclic) bond motifs is 1. The Bertz CT molecular complexity index is 1200. The fourth-order valence-electron chi connectivity index (χ4n) is 4.17. The standard InChI is InChI=1S/C25H28FN3O3S/c26-22-9-11-23(12-10-22)28-14-16-29(17-15-28)33(31,32)18-4-13-27-25(30)19-21-7-3-6-20-5-1-2-8-24(20)21/h1-3,5-12H,4,13-19H2,(H,27,30). The van der Waals surface area contributed by atoms with Gasteiger partial charge in [-0.15, -0.1) is 0 Å². The first-order valence-corrected chi connectivity index (χ1v) is 12.7. The van der Waals surface area contributed by atoms with Gasteiger partial charge in [0.15, 0.2) is 0 Å². The van der Waals surface area contributed by atoms with Gasteiger partial charge in [-0.2, -0.15) is 4.31 Å². The summed E-state index contributed by atoms with van der Waals surface area (Å²) in [6.07, 6.45) is 0.626. The quantitative estimate of drug-likeness (QED) is 0.515. The molecule has 0 aliphatic carbocycles. The number of amides is 1. The van der Waals surface area contributed by atoms with Gasteiger partial charge < -0.3 is 10.2 Å². The van der Waals surface area contributed by atoms with E-state index in [0.29, 0.717) is 39.1 Å². The minimum atomic E-state index is -3.39. The van der Waals surface area contributed by atoms with Crippen LogP contribution in [0.4, 0.5) is 10.1 Å². The summed E-state index contributed by atoms with van der Waals surface area (Å²) >= 11 is 0. The Hall–Kier alpha value is -2.97. The van der Waals surface area contributed by atoms with E-state index in [0.717, 1.165) is 22.0 Å². The maximum absolute atomic E-state index is 13.1. The molecule has 1 fully saturated rings. The summed E-state index contributed by atoms with van der Waals surface area (Å²) in [5.74, 6) is -0.404. The summed E-state index contributed by atoms with van der Waals surface area (Å²) in [6, 6.07) is 20.1. The van der Waals surface area contributed by atoms with Crippen molar-refractivity contribution in [3.05, 3.63) is 78.1 Å². The van der Waals surface area contributed by atoms with Crippen molar-refractivity contribution in [2.75, 3.05) is 43.4 Å². The number of carbonyl (C=O) groups is 1. The lowest BCUT2D eigenvalue weighted by Gasteiger charge is -2.35. The number of nitrogens with one attached hydrogen (secondary N) is 1. The molecule has 33 heavy (non-hydrogen) atoms. The number of sulfonamides is 1. The van der Waals surface area contributed by atoms with Crippen LogP contribution in [0.5, 0.6) is 0 Å². The van der Waals surface area contributed by atoms with Crippen molar-refractivity contribution >= 4 is 32.4 Å². The topological polar surface area (TPSA) is 69.7 Å². The Morgan fingerprint density at radius 2 is 1.61 bits per heavy atom. The van der Waals surface area contributed by atoms with Crippen molar-refractivity contribution in [2.24, 2.45) is 0 Å². The van der Waals surface area contributed by atoms with Crippen LogP contribution in [0.15, 0.2) is 66.7 Å². The highest BCUT2D eigenvalue weighted by atomic mass is 32.2. The zero-order valence-electron chi connectivity index (χ0n) is 18.4. The zero-order chi connectivity index (χ0) is 23.3. The highest BCUT2D eigenvalue weighted by Crippen LogP contribution is 2.20. The molecule has 0 unspecified atom stereocenters. The Morgan fingerprint density at radius 3 is 2.36 bits per heavy atom. The molecular formula is C25H28FN3O3S. The van der Waals surface area contributed by atoms with Crippen LogP contribution >= 0.6 is 0 Å². The molecule has 1 N–H and O–H groups in total. The number of halogens is 1. The molecule has 0 saturated carbocycles. The smallest absolute Gasteiger partial charge is 0.224 e. The summed E-state index contributed by atoms with van der Waals surface area (Å²) in [5.41, 5.74) is 1.85. The first-order chi connectivity index (χ1) is 15.9. The first-order valence-electron chi connectivity index (χ1n) is 11.1. The molecule has 6 nitrogen and oxygen atoms in total. The van der Waals surface area contributed by atoms with E-state index in [4.69, 9.17) is 0 Å². The maximum atomic E-state index is 13.1. The Labute approximate surface area is 194 Å². The van der Waals surface area contributed by atoms with Crippen molar-refractivity contribution < 1.29 is 17.6 Å². The zero-order valence-corrected chi connectivity index (χ0v) is 19.2. The monoisotopic (exact) mass is 469 g/mol. The number of nitrogens with zero attached hydrogens (tertiary/aromatic N) is 2. The van der Waals surface area contributed by atoms with E-state index in [9.17, 15) is 17.6 Å². The third-order valence-corrected chi connectivity index (χ3v) is 7.91. The summed E-state index contributed by atoms with van der Waals surface area (Å²) in [7, 11) is -3.39. The van der Waals surface area contributed by atoms with Crippen molar-refractivity contribution in [1.82, 2.24) is 9.62 Å². The normalized spacial score (nSPS) is 15.0. The molecule has 0 spiro atoms. The predicted octanol–water partition coefficient (Wildman–Crippen LogP) is 3.18. The van der Waals surface area contributed by atoms with Crippen LogP contribution in [0, 0.1) is 5.82 Å². The molecule has 0 aromatic heterocycles. The highest BCUT2D eigenvalue weighted by Gasteiger charge is 2.26. The van der Waals surface area contributed by atoms with E-state index >= 15 is 0 Å². The molecule has 1 aliphatic rings. The molecule has 0 bridgehead atoms. The van der Waals surface area contributed by atoms with Gasteiger partial charge in [-0.25, -0.2) is 12.8 Å². The molecule has 0 atom stereocenters. The van der Waals surface area contributed by atoms with Crippen LogP contribution in [0.2, 0.25) is 0 Å². The second-order valence-corrected chi connectivity index (χ2v) is 10.3. The minimum Gasteiger partial charge on any atom is -0.369 e. The number of rotatable bonds is 8. The summed E-state index contributed by atoms with van der Waals surface area (Å²) in [6.45, 7) is 2.23. The van der Waals surface area contributed by atoms with Crippen molar-refractivity contribution in [2.45, 2.75) is 12.8 Å². The maximum Gasteiger partial charge on any atom is 0.224 e. The van der Waals surface area contributed by atoms with E-state index in [1.807, 2.05) is 42.5 Å². The Morgan fingerprint density at radius 1 is 0.909 bits per heavy atom. The Kier molecular flexibility index (Phi) is 7.25. The summed E-state index contributed by atoms with van der Waals surface area (Å²) in [5, 5.41) is 4.99. The lowest BCUT2D eigenvalue weighted by Crippen LogP contribution is -2.49. The second-order valence-electron chi connectivity index (χ2n) is 8.20.